The zero-order valence-corrected chi connectivity index (χ0v) is 24.0. The Labute approximate surface area is 210 Å². The van der Waals surface area contributed by atoms with Crippen molar-refractivity contribution in [2.75, 3.05) is 0 Å². The summed E-state index contributed by atoms with van der Waals surface area (Å²) in [7, 11) is 0. The Kier molecular flexibility index (Phi) is 5.55. The van der Waals surface area contributed by atoms with Gasteiger partial charge in [0, 0.05) is 12.3 Å². The lowest BCUT2D eigenvalue weighted by Crippen LogP contribution is -2.67. The average Bonchev–Trinajstić information content (AvgIpc) is 2.72. The van der Waals surface area contributed by atoms with Gasteiger partial charge in [0.2, 0.25) is 0 Å². The third-order valence-electron chi connectivity index (χ3n) is 13.9. The van der Waals surface area contributed by atoms with Gasteiger partial charge >= 0.3 is 5.97 Å². The third kappa shape index (κ3) is 3.27. The van der Waals surface area contributed by atoms with E-state index in [9.17, 15) is 4.79 Å². The molecule has 9 atom stereocenters. The molecule has 0 saturated heterocycles. The van der Waals surface area contributed by atoms with Crippen molar-refractivity contribution < 1.29 is 9.53 Å². The van der Waals surface area contributed by atoms with Crippen molar-refractivity contribution in [1.82, 2.24) is 0 Å². The first-order valence-corrected chi connectivity index (χ1v) is 14.8. The van der Waals surface area contributed by atoms with Crippen molar-refractivity contribution in [3.05, 3.63) is 0 Å². The van der Waals surface area contributed by atoms with Crippen LogP contribution in [0.15, 0.2) is 0 Å². The van der Waals surface area contributed by atoms with Gasteiger partial charge in [0.1, 0.15) is 6.10 Å². The van der Waals surface area contributed by atoms with E-state index in [0.29, 0.717) is 33.0 Å². The molecular formula is C32H54O2. The first-order valence-electron chi connectivity index (χ1n) is 14.8. The number of hydrogen-bond acceptors (Lipinski definition) is 2. The Morgan fingerprint density at radius 1 is 0.676 bits per heavy atom. The van der Waals surface area contributed by atoms with Crippen molar-refractivity contribution in [2.24, 2.45) is 56.2 Å². The minimum absolute atomic E-state index is 0.0658. The van der Waals surface area contributed by atoms with Gasteiger partial charge in [-0.25, -0.2) is 0 Å². The van der Waals surface area contributed by atoms with Gasteiger partial charge in [-0.1, -0.05) is 55.4 Å². The van der Waals surface area contributed by atoms with E-state index in [1.54, 1.807) is 6.92 Å². The summed E-state index contributed by atoms with van der Waals surface area (Å²) in [5.74, 6) is 3.17. The Balaban J connectivity index is 1.48. The van der Waals surface area contributed by atoms with E-state index in [0.717, 1.165) is 24.2 Å². The molecule has 0 bridgehead atoms. The summed E-state index contributed by atoms with van der Waals surface area (Å²) in [6, 6.07) is 0. The number of fused-ring (bicyclic) bond motifs is 7. The quantitative estimate of drug-likeness (QED) is 0.358. The molecule has 194 valence electrons. The highest BCUT2D eigenvalue weighted by atomic mass is 16.5. The normalized spacial score (nSPS) is 53.5. The van der Waals surface area contributed by atoms with Crippen molar-refractivity contribution in [2.45, 2.75) is 139 Å². The maximum Gasteiger partial charge on any atom is 0.302 e. The molecule has 0 radical (unpaired) electrons. The monoisotopic (exact) mass is 470 g/mol. The number of rotatable bonds is 1. The Hall–Kier alpha value is -0.530. The Morgan fingerprint density at radius 3 is 2.03 bits per heavy atom. The van der Waals surface area contributed by atoms with E-state index in [1.807, 2.05) is 0 Å². The van der Waals surface area contributed by atoms with Crippen molar-refractivity contribution in [3.63, 3.8) is 0 Å². The minimum Gasteiger partial charge on any atom is -0.462 e. The number of ether oxygens (including phenoxy) is 1. The highest BCUT2D eigenvalue weighted by Gasteiger charge is 2.69. The summed E-state index contributed by atoms with van der Waals surface area (Å²) in [6.07, 6.45) is 15.1. The van der Waals surface area contributed by atoms with Gasteiger partial charge in [-0.15, -0.1) is 0 Å². The van der Waals surface area contributed by atoms with Crippen LogP contribution in [0, 0.1) is 56.2 Å². The summed E-state index contributed by atoms with van der Waals surface area (Å²) in [5.41, 5.74) is 2.44. The van der Waals surface area contributed by atoms with Gasteiger partial charge in [-0.2, -0.15) is 0 Å². The van der Waals surface area contributed by atoms with Crippen LogP contribution < -0.4 is 0 Å². The van der Waals surface area contributed by atoms with Gasteiger partial charge in [0.05, 0.1) is 0 Å². The van der Waals surface area contributed by atoms with Crippen molar-refractivity contribution in [1.29, 1.82) is 0 Å². The van der Waals surface area contributed by atoms with Crippen molar-refractivity contribution >= 4 is 5.97 Å². The van der Waals surface area contributed by atoms with Crippen LogP contribution in [0.25, 0.3) is 0 Å². The smallest absolute Gasteiger partial charge is 0.302 e. The molecule has 0 aromatic heterocycles. The highest BCUT2D eigenvalue weighted by molar-refractivity contribution is 5.66. The molecule has 5 rings (SSSR count). The summed E-state index contributed by atoms with van der Waals surface area (Å²) < 4.78 is 5.92. The molecular weight excluding hydrogens is 416 g/mol. The number of carbonyl (C=O) groups is 1. The lowest BCUT2D eigenvalue weighted by atomic mass is 9.31. The van der Waals surface area contributed by atoms with Crippen LogP contribution in [0.2, 0.25) is 0 Å². The summed E-state index contributed by atoms with van der Waals surface area (Å²) >= 11 is 0. The number of hydrogen-bond donors (Lipinski definition) is 0. The molecule has 5 aliphatic rings. The maximum atomic E-state index is 11.9. The molecule has 0 aromatic carbocycles. The van der Waals surface area contributed by atoms with Gasteiger partial charge in [-0.3, -0.25) is 4.79 Å². The van der Waals surface area contributed by atoms with Gasteiger partial charge in [-0.05, 0) is 121 Å². The molecule has 2 nitrogen and oxygen atoms in total. The maximum absolute atomic E-state index is 11.9. The molecule has 2 heteroatoms. The third-order valence-corrected chi connectivity index (χ3v) is 13.9. The van der Waals surface area contributed by atoms with Gasteiger partial charge in [0.25, 0.3) is 0 Å². The fraction of sp³-hybridized carbons (Fsp3) is 0.969. The summed E-state index contributed by atoms with van der Waals surface area (Å²) in [4.78, 5) is 11.9. The molecule has 1 unspecified atom stereocenters. The van der Waals surface area contributed by atoms with E-state index in [2.05, 4.69) is 55.4 Å². The Morgan fingerprint density at radius 2 is 1.35 bits per heavy atom. The molecule has 0 amide bonds. The predicted octanol–water partition coefficient (Wildman–Crippen LogP) is 8.82. The second-order valence-electron chi connectivity index (χ2n) is 16.3. The molecule has 5 fully saturated rings. The van der Waals surface area contributed by atoms with Gasteiger partial charge in [0.15, 0.2) is 0 Å². The summed E-state index contributed by atoms with van der Waals surface area (Å²) in [6.45, 7) is 22.3. The van der Waals surface area contributed by atoms with E-state index in [4.69, 9.17) is 4.74 Å². The predicted molar refractivity (Wildman–Crippen MR) is 140 cm³/mol. The molecule has 0 aromatic rings. The molecule has 0 N–H and O–H groups in total. The molecule has 5 aliphatic carbocycles. The molecule has 0 spiro atoms. The van der Waals surface area contributed by atoms with Crippen molar-refractivity contribution in [3.8, 4) is 0 Å². The second kappa shape index (κ2) is 7.50. The standard InChI is InChI=1S/C32H54O2/c1-21(33)34-26-13-14-30(7)24(28(26,4)5)12-15-32(9)25(30)11-10-22-23-20-27(2,3)16-17-29(23,6)18-19-31(22,32)8/h22-26H,10-20H2,1-9H3/t22-,23+,24+,25-,26?,29-,30+,31-,32-/m1/s1. The van der Waals surface area contributed by atoms with Crippen LogP contribution in [0.4, 0.5) is 0 Å². The molecule has 0 aliphatic heterocycles. The largest absolute Gasteiger partial charge is 0.462 e. The highest BCUT2D eigenvalue weighted by Crippen LogP contribution is 2.77. The number of carbonyl (C=O) groups excluding carboxylic acids is 1. The second-order valence-corrected chi connectivity index (χ2v) is 16.3. The molecule has 0 heterocycles. The van der Waals surface area contributed by atoms with Crippen LogP contribution in [-0.4, -0.2) is 12.1 Å². The van der Waals surface area contributed by atoms with Crippen LogP contribution in [0.3, 0.4) is 0 Å². The van der Waals surface area contributed by atoms with E-state index >= 15 is 0 Å². The first kappa shape index (κ1) is 25.1. The van der Waals surface area contributed by atoms with Crippen LogP contribution in [0.1, 0.15) is 133 Å². The molecule has 34 heavy (non-hydrogen) atoms. The SMILES string of the molecule is CC(=O)OC1CC[C@]2(C)[C@H]3CC[C@@H]4[C@@H]5CC(C)(C)CC[C@]5(C)CC[C@@]4(C)[C@]3(C)CC[C@H]2C1(C)C. The van der Waals surface area contributed by atoms with Crippen LogP contribution in [0.5, 0.6) is 0 Å². The summed E-state index contributed by atoms with van der Waals surface area (Å²) in [5, 5.41) is 0. The van der Waals surface area contributed by atoms with Gasteiger partial charge < -0.3 is 4.74 Å². The van der Waals surface area contributed by atoms with Crippen LogP contribution >= 0.6 is 0 Å². The Bertz CT molecular complexity index is 842. The average molecular weight is 471 g/mol. The zero-order valence-electron chi connectivity index (χ0n) is 24.0. The van der Waals surface area contributed by atoms with E-state index in [-0.39, 0.29) is 17.5 Å². The fourth-order valence-electron chi connectivity index (χ4n) is 11.7. The fourth-order valence-corrected chi connectivity index (χ4v) is 11.7. The first-order chi connectivity index (χ1) is 15.6. The molecule has 5 saturated carbocycles. The topological polar surface area (TPSA) is 26.3 Å². The lowest BCUT2D eigenvalue weighted by molar-refractivity contribution is -0.254. The van der Waals surface area contributed by atoms with E-state index < -0.39 is 0 Å². The minimum atomic E-state index is -0.101. The number of esters is 1. The van der Waals surface area contributed by atoms with Crippen LogP contribution in [-0.2, 0) is 9.53 Å². The van der Waals surface area contributed by atoms with E-state index in [1.165, 1.54) is 64.2 Å². The zero-order chi connectivity index (χ0) is 24.9. The lowest BCUT2D eigenvalue weighted by Gasteiger charge is -2.73.